The van der Waals surface area contributed by atoms with Gasteiger partial charge in [0.05, 0.1) is 11.6 Å². The van der Waals surface area contributed by atoms with E-state index in [9.17, 15) is 9.59 Å². The molecule has 0 heterocycles. The highest BCUT2D eigenvalue weighted by molar-refractivity contribution is 5.91. The maximum atomic E-state index is 12.0. The summed E-state index contributed by atoms with van der Waals surface area (Å²) in [6.45, 7) is 7.64. The fraction of sp³-hybridized carbons (Fsp3) is 0.300. The topological polar surface area (TPSA) is 55.4 Å². The van der Waals surface area contributed by atoms with Gasteiger partial charge in [-0.25, -0.2) is 4.79 Å². The fourth-order valence-corrected chi connectivity index (χ4v) is 2.30. The molecule has 0 spiro atoms. The van der Waals surface area contributed by atoms with Gasteiger partial charge >= 0.3 is 5.97 Å². The summed E-state index contributed by atoms with van der Waals surface area (Å²) < 4.78 is 5.06. The van der Waals surface area contributed by atoms with Crippen molar-refractivity contribution < 1.29 is 14.3 Å². The van der Waals surface area contributed by atoms with Crippen molar-refractivity contribution in [3.63, 3.8) is 0 Å². The normalized spacial score (nSPS) is 11.7. The van der Waals surface area contributed by atoms with Crippen LogP contribution in [-0.4, -0.2) is 18.5 Å². The molecule has 0 aromatic heterocycles. The second-order valence-electron chi connectivity index (χ2n) is 6.08. The van der Waals surface area contributed by atoms with E-state index in [0.717, 1.165) is 11.1 Å². The Kier molecular flexibility index (Phi) is 5.74. The Morgan fingerprint density at radius 1 is 1.00 bits per heavy atom. The quantitative estimate of drug-likeness (QED) is 0.854. The van der Waals surface area contributed by atoms with Crippen LogP contribution in [0.25, 0.3) is 0 Å². The first kappa shape index (κ1) is 17.7. The van der Waals surface area contributed by atoms with Gasteiger partial charge in [0, 0.05) is 0 Å². The molecule has 24 heavy (non-hydrogen) atoms. The molecule has 126 valence electrons. The lowest BCUT2D eigenvalue weighted by Crippen LogP contribution is -2.31. The third kappa shape index (κ3) is 4.69. The highest BCUT2D eigenvalue weighted by Crippen LogP contribution is 2.16. The molecule has 0 aliphatic heterocycles. The average Bonchev–Trinajstić information content (AvgIpc) is 2.55. The minimum atomic E-state index is -0.496. The van der Waals surface area contributed by atoms with E-state index in [2.05, 4.69) is 11.4 Å². The van der Waals surface area contributed by atoms with Crippen LogP contribution in [0.2, 0.25) is 0 Å². The average molecular weight is 325 g/mol. The molecule has 1 N–H and O–H groups in total. The van der Waals surface area contributed by atoms with Crippen LogP contribution < -0.4 is 5.32 Å². The number of aryl methyl sites for hydroxylation is 3. The largest absolute Gasteiger partial charge is 0.452 e. The van der Waals surface area contributed by atoms with E-state index < -0.39 is 5.97 Å². The van der Waals surface area contributed by atoms with Gasteiger partial charge in [0.15, 0.2) is 6.61 Å². The molecule has 4 nitrogen and oxygen atoms in total. The number of ether oxygens (including phenoxy) is 1. The van der Waals surface area contributed by atoms with Crippen LogP contribution in [0.15, 0.2) is 42.5 Å². The van der Waals surface area contributed by atoms with Gasteiger partial charge in [-0.15, -0.1) is 0 Å². The van der Waals surface area contributed by atoms with Crippen LogP contribution in [0, 0.1) is 20.8 Å². The van der Waals surface area contributed by atoms with Gasteiger partial charge in [-0.3, -0.25) is 4.79 Å². The third-order valence-corrected chi connectivity index (χ3v) is 4.03. The summed E-state index contributed by atoms with van der Waals surface area (Å²) >= 11 is 0. The molecule has 0 saturated heterocycles. The summed E-state index contributed by atoms with van der Waals surface area (Å²) in [7, 11) is 0. The SMILES string of the molecule is Cc1ccc(C(=O)OCC(=O)N[C@@H](C)c2ccc(C)c(C)c2)cc1. The van der Waals surface area contributed by atoms with Crippen molar-refractivity contribution in [2.24, 2.45) is 0 Å². The highest BCUT2D eigenvalue weighted by Gasteiger charge is 2.13. The van der Waals surface area contributed by atoms with E-state index in [4.69, 9.17) is 4.74 Å². The summed E-state index contributed by atoms with van der Waals surface area (Å²) in [5.74, 6) is -0.815. The molecule has 2 aromatic carbocycles. The Labute approximate surface area is 142 Å². The first-order valence-electron chi connectivity index (χ1n) is 7.97. The zero-order valence-corrected chi connectivity index (χ0v) is 14.6. The van der Waals surface area contributed by atoms with Gasteiger partial charge in [-0.05, 0) is 56.5 Å². The number of hydrogen-bond acceptors (Lipinski definition) is 3. The van der Waals surface area contributed by atoms with Crippen molar-refractivity contribution in [3.8, 4) is 0 Å². The van der Waals surface area contributed by atoms with Gasteiger partial charge < -0.3 is 10.1 Å². The predicted octanol–water partition coefficient (Wildman–Crippen LogP) is 3.65. The molecule has 0 fully saturated rings. The molecule has 0 aliphatic rings. The zero-order valence-electron chi connectivity index (χ0n) is 14.6. The van der Waals surface area contributed by atoms with Crippen LogP contribution in [0.3, 0.4) is 0 Å². The van der Waals surface area contributed by atoms with E-state index in [1.165, 1.54) is 11.1 Å². The van der Waals surface area contributed by atoms with Crippen LogP contribution in [-0.2, 0) is 9.53 Å². The van der Waals surface area contributed by atoms with Crippen molar-refractivity contribution >= 4 is 11.9 Å². The second-order valence-corrected chi connectivity index (χ2v) is 6.08. The maximum Gasteiger partial charge on any atom is 0.338 e. The van der Waals surface area contributed by atoms with Gasteiger partial charge in [0.1, 0.15) is 0 Å². The number of benzene rings is 2. The van der Waals surface area contributed by atoms with E-state index in [-0.39, 0.29) is 18.6 Å². The Bertz CT molecular complexity index is 735. The summed E-state index contributed by atoms with van der Waals surface area (Å²) in [5, 5.41) is 2.84. The van der Waals surface area contributed by atoms with Gasteiger partial charge in [0.25, 0.3) is 5.91 Å². The summed E-state index contributed by atoms with van der Waals surface area (Å²) in [4.78, 5) is 23.9. The molecule has 0 saturated carbocycles. The number of nitrogens with one attached hydrogen (secondary N) is 1. The molecular weight excluding hydrogens is 302 g/mol. The minimum Gasteiger partial charge on any atom is -0.452 e. The Morgan fingerprint density at radius 3 is 2.29 bits per heavy atom. The van der Waals surface area contributed by atoms with Crippen molar-refractivity contribution in [1.29, 1.82) is 0 Å². The molecule has 2 rings (SSSR count). The summed E-state index contributed by atoms with van der Waals surface area (Å²) in [6, 6.07) is 13.0. The third-order valence-electron chi connectivity index (χ3n) is 4.03. The Morgan fingerprint density at radius 2 is 1.67 bits per heavy atom. The number of rotatable bonds is 5. The lowest BCUT2D eigenvalue weighted by molar-refractivity contribution is -0.124. The Balaban J connectivity index is 1.87. The molecule has 1 amide bonds. The summed E-state index contributed by atoms with van der Waals surface area (Å²) in [6.07, 6.45) is 0. The number of carbonyl (C=O) groups excluding carboxylic acids is 2. The van der Waals surface area contributed by atoms with Crippen LogP contribution in [0.1, 0.15) is 45.6 Å². The van der Waals surface area contributed by atoms with Crippen LogP contribution in [0.4, 0.5) is 0 Å². The number of hydrogen-bond donors (Lipinski definition) is 1. The second kappa shape index (κ2) is 7.77. The molecule has 0 aliphatic carbocycles. The lowest BCUT2D eigenvalue weighted by atomic mass is 10.0. The molecule has 0 radical (unpaired) electrons. The standard InChI is InChI=1S/C20H23NO3/c1-13-5-8-17(9-6-13)20(23)24-12-19(22)21-16(4)18-10-7-14(2)15(3)11-18/h5-11,16H,12H2,1-4H3,(H,21,22)/t16-/m0/s1. The van der Waals surface area contributed by atoms with Gasteiger partial charge in [-0.1, -0.05) is 35.9 Å². The van der Waals surface area contributed by atoms with Crippen molar-refractivity contribution in [1.82, 2.24) is 5.32 Å². The fourth-order valence-electron chi connectivity index (χ4n) is 2.30. The summed E-state index contributed by atoms with van der Waals surface area (Å²) in [5.41, 5.74) is 4.92. The van der Waals surface area contributed by atoms with E-state index in [1.54, 1.807) is 12.1 Å². The molecular formula is C20H23NO3. The van der Waals surface area contributed by atoms with Crippen LogP contribution >= 0.6 is 0 Å². The first-order valence-corrected chi connectivity index (χ1v) is 7.97. The molecule has 0 bridgehead atoms. The zero-order chi connectivity index (χ0) is 17.7. The number of esters is 1. The first-order chi connectivity index (χ1) is 11.4. The minimum absolute atomic E-state index is 0.144. The number of amides is 1. The lowest BCUT2D eigenvalue weighted by Gasteiger charge is -2.15. The van der Waals surface area contributed by atoms with Crippen molar-refractivity contribution in [3.05, 3.63) is 70.3 Å². The molecule has 2 aromatic rings. The number of carbonyl (C=O) groups is 2. The highest BCUT2D eigenvalue weighted by atomic mass is 16.5. The van der Waals surface area contributed by atoms with E-state index in [1.807, 2.05) is 52.0 Å². The van der Waals surface area contributed by atoms with Crippen LogP contribution in [0.5, 0.6) is 0 Å². The van der Waals surface area contributed by atoms with E-state index >= 15 is 0 Å². The smallest absolute Gasteiger partial charge is 0.338 e. The Hall–Kier alpha value is -2.62. The molecule has 1 atom stereocenters. The van der Waals surface area contributed by atoms with Gasteiger partial charge in [-0.2, -0.15) is 0 Å². The van der Waals surface area contributed by atoms with Crippen molar-refractivity contribution in [2.45, 2.75) is 33.7 Å². The molecule has 0 unspecified atom stereocenters. The maximum absolute atomic E-state index is 12.0. The predicted molar refractivity (Wildman–Crippen MR) is 93.9 cm³/mol. The van der Waals surface area contributed by atoms with E-state index in [0.29, 0.717) is 5.56 Å². The monoisotopic (exact) mass is 325 g/mol. The van der Waals surface area contributed by atoms with Crippen molar-refractivity contribution in [2.75, 3.05) is 6.61 Å². The molecule has 4 heteroatoms. The van der Waals surface area contributed by atoms with Gasteiger partial charge in [0.2, 0.25) is 0 Å².